The summed E-state index contributed by atoms with van der Waals surface area (Å²) in [6.07, 6.45) is 5.09. The van der Waals surface area contributed by atoms with Gasteiger partial charge in [0.15, 0.2) is 0 Å². The van der Waals surface area contributed by atoms with Crippen LogP contribution in [0.25, 0.3) is 0 Å². The molecule has 1 amide bonds. The highest BCUT2D eigenvalue weighted by Gasteiger charge is 2.04. The molecular weight excluding hydrogens is 222 g/mol. The van der Waals surface area contributed by atoms with Crippen molar-refractivity contribution in [3.8, 4) is 0 Å². The summed E-state index contributed by atoms with van der Waals surface area (Å²) in [5.74, 6) is -0.0966. The average Bonchev–Trinajstić information content (AvgIpc) is 2.67. The van der Waals surface area contributed by atoms with E-state index in [-0.39, 0.29) is 12.3 Å². The lowest BCUT2D eigenvalue weighted by Crippen LogP contribution is -2.24. The molecule has 0 saturated carbocycles. The van der Waals surface area contributed by atoms with Crippen LogP contribution in [0.15, 0.2) is 12.4 Å². The van der Waals surface area contributed by atoms with E-state index in [1.165, 1.54) is 0 Å². The molecule has 0 atom stereocenters. The van der Waals surface area contributed by atoms with Gasteiger partial charge in [-0.25, -0.2) is 4.98 Å². The van der Waals surface area contributed by atoms with Crippen molar-refractivity contribution >= 4 is 11.9 Å². The Morgan fingerprint density at radius 2 is 2.12 bits per heavy atom. The van der Waals surface area contributed by atoms with Crippen LogP contribution in [0, 0.1) is 0 Å². The highest BCUT2D eigenvalue weighted by molar-refractivity contribution is 5.75. The summed E-state index contributed by atoms with van der Waals surface area (Å²) >= 11 is 0. The summed E-state index contributed by atoms with van der Waals surface area (Å²) in [6, 6.07) is 0. The van der Waals surface area contributed by atoms with Crippen LogP contribution in [-0.2, 0) is 23.2 Å². The van der Waals surface area contributed by atoms with E-state index < -0.39 is 5.97 Å². The van der Waals surface area contributed by atoms with Gasteiger partial charge in [0.1, 0.15) is 5.82 Å². The molecule has 0 unspecified atom stereocenters. The Balaban J connectivity index is 2.13. The Morgan fingerprint density at radius 1 is 1.41 bits per heavy atom. The number of carboxylic acid groups (broad SMARTS) is 1. The zero-order chi connectivity index (χ0) is 12.7. The van der Waals surface area contributed by atoms with Crippen molar-refractivity contribution in [1.29, 1.82) is 0 Å². The van der Waals surface area contributed by atoms with E-state index in [1.54, 1.807) is 6.20 Å². The summed E-state index contributed by atoms with van der Waals surface area (Å²) in [6.45, 7) is 0.404. The van der Waals surface area contributed by atoms with E-state index in [1.807, 2.05) is 17.8 Å². The van der Waals surface area contributed by atoms with E-state index >= 15 is 0 Å². The number of amides is 1. The first kappa shape index (κ1) is 13.2. The fourth-order valence-electron chi connectivity index (χ4n) is 1.39. The van der Waals surface area contributed by atoms with Crippen molar-refractivity contribution in [3.05, 3.63) is 18.2 Å². The lowest BCUT2D eigenvalue weighted by Gasteiger charge is -2.04. The molecule has 1 heterocycles. The third-order valence-electron chi connectivity index (χ3n) is 2.41. The minimum absolute atomic E-state index is 0.0709. The van der Waals surface area contributed by atoms with Crippen LogP contribution in [0.3, 0.4) is 0 Å². The first-order valence-electron chi connectivity index (χ1n) is 5.54. The number of nitrogens with zero attached hydrogens (tertiary/aromatic N) is 2. The maximum absolute atomic E-state index is 11.4. The van der Waals surface area contributed by atoms with Crippen molar-refractivity contribution in [2.75, 3.05) is 0 Å². The first-order valence-corrected chi connectivity index (χ1v) is 5.54. The van der Waals surface area contributed by atoms with Crippen molar-refractivity contribution in [1.82, 2.24) is 14.9 Å². The van der Waals surface area contributed by atoms with Gasteiger partial charge in [-0.1, -0.05) is 0 Å². The molecule has 0 spiro atoms. The highest BCUT2D eigenvalue weighted by atomic mass is 16.4. The normalized spacial score (nSPS) is 10.2. The topological polar surface area (TPSA) is 84.2 Å². The Bertz CT molecular complexity index is 387. The van der Waals surface area contributed by atoms with Gasteiger partial charge in [0.2, 0.25) is 5.91 Å². The number of carboxylic acids is 1. The molecule has 0 bridgehead atoms. The van der Waals surface area contributed by atoms with Crippen LogP contribution >= 0.6 is 0 Å². The number of rotatable bonds is 7. The Morgan fingerprint density at radius 3 is 2.71 bits per heavy atom. The van der Waals surface area contributed by atoms with Crippen molar-refractivity contribution < 1.29 is 14.7 Å². The van der Waals surface area contributed by atoms with Crippen LogP contribution in [-0.4, -0.2) is 26.5 Å². The molecule has 1 aromatic heterocycles. The van der Waals surface area contributed by atoms with Crippen molar-refractivity contribution in [2.24, 2.45) is 7.05 Å². The number of aromatic nitrogens is 2. The average molecular weight is 239 g/mol. The number of aryl methyl sites for hydroxylation is 1. The van der Waals surface area contributed by atoms with Crippen LogP contribution in [0.5, 0.6) is 0 Å². The molecule has 94 valence electrons. The second-order valence-corrected chi connectivity index (χ2v) is 3.83. The van der Waals surface area contributed by atoms with E-state index in [0.29, 0.717) is 25.8 Å². The van der Waals surface area contributed by atoms with Crippen molar-refractivity contribution in [2.45, 2.75) is 32.2 Å². The van der Waals surface area contributed by atoms with Crippen LogP contribution in [0.2, 0.25) is 0 Å². The molecule has 2 N–H and O–H groups in total. The van der Waals surface area contributed by atoms with E-state index in [2.05, 4.69) is 10.3 Å². The molecule has 0 aliphatic heterocycles. The molecule has 0 aliphatic carbocycles. The predicted octanol–water partition coefficient (Wildman–Crippen LogP) is 0.681. The van der Waals surface area contributed by atoms with E-state index in [9.17, 15) is 9.59 Å². The zero-order valence-corrected chi connectivity index (χ0v) is 9.85. The van der Waals surface area contributed by atoms with Gasteiger partial charge in [0.05, 0.1) is 6.54 Å². The Kier molecular flexibility index (Phi) is 5.19. The second-order valence-electron chi connectivity index (χ2n) is 3.83. The second kappa shape index (κ2) is 6.67. The smallest absolute Gasteiger partial charge is 0.303 e. The summed E-state index contributed by atoms with van der Waals surface area (Å²) < 4.78 is 1.84. The number of imidazole rings is 1. The van der Waals surface area contributed by atoms with Crippen molar-refractivity contribution in [3.63, 3.8) is 0 Å². The van der Waals surface area contributed by atoms with Crippen LogP contribution in [0.1, 0.15) is 31.5 Å². The number of hydrogen-bond donors (Lipinski definition) is 2. The highest BCUT2D eigenvalue weighted by Crippen LogP contribution is 2.00. The minimum atomic E-state index is -0.821. The number of hydrogen-bond acceptors (Lipinski definition) is 3. The number of carbonyl (C=O) groups excluding carboxylic acids is 1. The molecule has 0 fully saturated rings. The molecule has 17 heavy (non-hydrogen) atoms. The summed E-state index contributed by atoms with van der Waals surface area (Å²) in [4.78, 5) is 25.7. The molecular formula is C11H17N3O3. The molecule has 1 aromatic rings. The third kappa shape index (κ3) is 5.14. The third-order valence-corrected chi connectivity index (χ3v) is 2.41. The predicted molar refractivity (Wildman–Crippen MR) is 61.2 cm³/mol. The molecule has 0 aliphatic rings. The summed E-state index contributed by atoms with van der Waals surface area (Å²) in [7, 11) is 1.86. The van der Waals surface area contributed by atoms with E-state index in [4.69, 9.17) is 5.11 Å². The van der Waals surface area contributed by atoms with Gasteiger partial charge < -0.3 is 15.0 Å². The summed E-state index contributed by atoms with van der Waals surface area (Å²) in [5.41, 5.74) is 0. The fraction of sp³-hybridized carbons (Fsp3) is 0.545. The van der Waals surface area contributed by atoms with Gasteiger partial charge >= 0.3 is 5.97 Å². The maximum Gasteiger partial charge on any atom is 0.303 e. The first-order chi connectivity index (χ1) is 8.09. The fourth-order valence-corrected chi connectivity index (χ4v) is 1.39. The standard InChI is InChI=1S/C11H17N3O3/c1-14-7-6-12-9(14)8-13-10(15)4-2-3-5-11(16)17/h6-7H,2-5,8H2,1H3,(H,13,15)(H,16,17). The molecule has 0 aromatic carbocycles. The van der Waals surface area contributed by atoms with Gasteiger partial charge in [-0.05, 0) is 12.8 Å². The lowest BCUT2D eigenvalue weighted by molar-refractivity contribution is -0.137. The molecule has 0 radical (unpaired) electrons. The number of carbonyl (C=O) groups is 2. The Labute approximate surface area is 99.7 Å². The zero-order valence-electron chi connectivity index (χ0n) is 9.85. The lowest BCUT2D eigenvalue weighted by atomic mass is 10.2. The van der Waals surface area contributed by atoms with Gasteiger partial charge in [-0.3, -0.25) is 9.59 Å². The van der Waals surface area contributed by atoms with Crippen LogP contribution in [0.4, 0.5) is 0 Å². The number of nitrogens with one attached hydrogen (secondary N) is 1. The number of aliphatic carboxylic acids is 1. The van der Waals surface area contributed by atoms with E-state index in [0.717, 1.165) is 5.82 Å². The SMILES string of the molecule is Cn1ccnc1CNC(=O)CCCCC(=O)O. The maximum atomic E-state index is 11.4. The molecule has 6 heteroatoms. The largest absolute Gasteiger partial charge is 0.481 e. The van der Waals surface area contributed by atoms with Gasteiger partial charge in [-0.2, -0.15) is 0 Å². The summed E-state index contributed by atoms with van der Waals surface area (Å²) in [5, 5.41) is 11.2. The monoisotopic (exact) mass is 239 g/mol. The minimum Gasteiger partial charge on any atom is -0.481 e. The molecule has 6 nitrogen and oxygen atoms in total. The van der Waals surface area contributed by atoms with Gasteiger partial charge in [0, 0.05) is 32.3 Å². The molecule has 1 rings (SSSR count). The molecule has 0 saturated heterocycles. The number of unbranched alkanes of at least 4 members (excludes halogenated alkanes) is 1. The van der Waals surface area contributed by atoms with Gasteiger partial charge in [-0.15, -0.1) is 0 Å². The van der Waals surface area contributed by atoms with Crippen LogP contribution < -0.4 is 5.32 Å². The quantitative estimate of drug-likeness (QED) is 0.685. The Hall–Kier alpha value is -1.85. The van der Waals surface area contributed by atoms with Gasteiger partial charge in [0.25, 0.3) is 0 Å².